The van der Waals surface area contributed by atoms with Gasteiger partial charge in [-0.25, -0.2) is 4.39 Å². The number of pyridine rings is 1. The van der Waals surface area contributed by atoms with Crippen molar-refractivity contribution < 1.29 is 13.9 Å². The number of hydrogen-bond donors (Lipinski definition) is 1. The van der Waals surface area contributed by atoms with Gasteiger partial charge in [0, 0.05) is 25.9 Å². The molecular formula is C16H17FN2O3. The number of amides is 1. The molecule has 116 valence electrons. The first-order valence-corrected chi connectivity index (χ1v) is 6.91. The standard InChI is InChI=1S/C16H17FN2O3/c1-18-16(21)12-3-8-15(20)19(11-12)9-2-10-22-14-6-4-13(17)5-7-14/h3-8,11H,2,9-10H2,1H3,(H,18,21). The molecule has 0 aliphatic carbocycles. The van der Waals surface area contributed by atoms with Crippen LogP contribution in [0.15, 0.2) is 47.4 Å². The fourth-order valence-corrected chi connectivity index (χ4v) is 1.94. The fourth-order valence-electron chi connectivity index (χ4n) is 1.94. The third-order valence-corrected chi connectivity index (χ3v) is 3.10. The topological polar surface area (TPSA) is 60.3 Å². The van der Waals surface area contributed by atoms with Gasteiger partial charge in [0.1, 0.15) is 11.6 Å². The van der Waals surface area contributed by atoms with Crippen LogP contribution >= 0.6 is 0 Å². The normalized spacial score (nSPS) is 10.3. The lowest BCUT2D eigenvalue weighted by Gasteiger charge is -2.09. The van der Waals surface area contributed by atoms with E-state index in [2.05, 4.69) is 5.32 Å². The first-order chi connectivity index (χ1) is 10.6. The van der Waals surface area contributed by atoms with E-state index in [9.17, 15) is 14.0 Å². The van der Waals surface area contributed by atoms with Gasteiger partial charge in [-0.05, 0) is 36.8 Å². The Labute approximate surface area is 127 Å². The SMILES string of the molecule is CNC(=O)c1ccc(=O)n(CCCOc2ccc(F)cc2)c1. The molecule has 2 rings (SSSR count). The zero-order valence-corrected chi connectivity index (χ0v) is 12.2. The Morgan fingerprint density at radius 3 is 2.64 bits per heavy atom. The predicted octanol–water partition coefficient (Wildman–Crippen LogP) is 1.82. The van der Waals surface area contributed by atoms with Crippen molar-refractivity contribution >= 4 is 5.91 Å². The molecule has 0 aliphatic heterocycles. The molecule has 5 nitrogen and oxygen atoms in total. The summed E-state index contributed by atoms with van der Waals surface area (Å²) in [5.41, 5.74) is 0.260. The minimum Gasteiger partial charge on any atom is -0.494 e. The van der Waals surface area contributed by atoms with Crippen LogP contribution in [0.4, 0.5) is 4.39 Å². The van der Waals surface area contributed by atoms with Crippen molar-refractivity contribution in [2.24, 2.45) is 0 Å². The maximum absolute atomic E-state index is 12.7. The molecule has 1 heterocycles. The number of aryl methyl sites for hydroxylation is 1. The smallest absolute Gasteiger partial charge is 0.252 e. The van der Waals surface area contributed by atoms with Gasteiger partial charge >= 0.3 is 0 Å². The van der Waals surface area contributed by atoms with Gasteiger partial charge in [-0.1, -0.05) is 0 Å². The van der Waals surface area contributed by atoms with E-state index in [1.165, 1.54) is 42.1 Å². The van der Waals surface area contributed by atoms with Crippen LogP contribution in [0.25, 0.3) is 0 Å². The highest BCUT2D eigenvalue weighted by molar-refractivity contribution is 5.93. The van der Waals surface area contributed by atoms with Gasteiger partial charge in [0.25, 0.3) is 11.5 Å². The number of carbonyl (C=O) groups is 1. The predicted molar refractivity (Wildman–Crippen MR) is 80.6 cm³/mol. The number of nitrogens with one attached hydrogen (secondary N) is 1. The molecule has 1 amide bonds. The van der Waals surface area contributed by atoms with Gasteiger partial charge in [0.05, 0.1) is 12.2 Å². The summed E-state index contributed by atoms with van der Waals surface area (Å²) < 4.78 is 19.7. The Bertz CT molecular complexity index is 695. The van der Waals surface area contributed by atoms with Crippen molar-refractivity contribution in [2.45, 2.75) is 13.0 Å². The molecular weight excluding hydrogens is 287 g/mol. The van der Waals surface area contributed by atoms with Gasteiger partial charge in [-0.15, -0.1) is 0 Å². The summed E-state index contributed by atoms with van der Waals surface area (Å²) in [6.07, 6.45) is 2.12. The summed E-state index contributed by atoms with van der Waals surface area (Å²) in [6.45, 7) is 0.827. The molecule has 0 radical (unpaired) electrons. The van der Waals surface area contributed by atoms with Crippen molar-refractivity contribution in [3.05, 3.63) is 64.3 Å². The summed E-state index contributed by atoms with van der Waals surface area (Å²) >= 11 is 0. The molecule has 0 saturated carbocycles. The van der Waals surface area contributed by atoms with Gasteiger partial charge in [-0.2, -0.15) is 0 Å². The average Bonchev–Trinajstić information content (AvgIpc) is 2.54. The highest BCUT2D eigenvalue weighted by Crippen LogP contribution is 2.11. The third kappa shape index (κ3) is 4.18. The van der Waals surface area contributed by atoms with Gasteiger partial charge in [0.15, 0.2) is 0 Å². The number of carbonyl (C=O) groups excluding carboxylic acids is 1. The first-order valence-electron chi connectivity index (χ1n) is 6.91. The number of halogens is 1. The van der Waals surface area contributed by atoms with Crippen LogP contribution in [0, 0.1) is 5.82 Å². The molecule has 2 aromatic rings. The van der Waals surface area contributed by atoms with E-state index in [1.54, 1.807) is 12.1 Å². The number of aromatic nitrogens is 1. The van der Waals surface area contributed by atoms with E-state index in [4.69, 9.17) is 4.74 Å². The summed E-state index contributed by atoms with van der Waals surface area (Å²) in [5.74, 6) is 0.0223. The van der Waals surface area contributed by atoms with Crippen molar-refractivity contribution in [1.29, 1.82) is 0 Å². The van der Waals surface area contributed by atoms with Crippen LogP contribution in [0.3, 0.4) is 0 Å². The molecule has 1 aromatic carbocycles. The molecule has 0 saturated heterocycles. The van der Waals surface area contributed by atoms with Crippen LogP contribution < -0.4 is 15.6 Å². The van der Waals surface area contributed by atoms with Crippen molar-refractivity contribution in [3.63, 3.8) is 0 Å². The van der Waals surface area contributed by atoms with E-state index in [1.807, 2.05) is 0 Å². The molecule has 6 heteroatoms. The van der Waals surface area contributed by atoms with E-state index in [0.29, 0.717) is 30.9 Å². The molecule has 0 atom stereocenters. The zero-order chi connectivity index (χ0) is 15.9. The van der Waals surface area contributed by atoms with Crippen molar-refractivity contribution in [3.8, 4) is 5.75 Å². The third-order valence-electron chi connectivity index (χ3n) is 3.10. The molecule has 0 fully saturated rings. The van der Waals surface area contributed by atoms with Gasteiger partial charge < -0.3 is 14.6 Å². The Hall–Kier alpha value is -2.63. The lowest BCUT2D eigenvalue weighted by molar-refractivity contribution is 0.0962. The van der Waals surface area contributed by atoms with Crippen LogP contribution in [-0.4, -0.2) is 24.1 Å². The lowest BCUT2D eigenvalue weighted by Crippen LogP contribution is -2.24. The van der Waals surface area contributed by atoms with E-state index in [-0.39, 0.29) is 17.3 Å². The Kier molecular flexibility index (Phi) is 5.30. The Morgan fingerprint density at radius 1 is 1.23 bits per heavy atom. The maximum Gasteiger partial charge on any atom is 0.252 e. The molecule has 0 bridgehead atoms. The zero-order valence-electron chi connectivity index (χ0n) is 12.2. The fraction of sp³-hybridized carbons (Fsp3) is 0.250. The summed E-state index contributed by atoms with van der Waals surface area (Å²) in [6, 6.07) is 8.61. The number of benzene rings is 1. The Morgan fingerprint density at radius 2 is 1.95 bits per heavy atom. The van der Waals surface area contributed by atoms with E-state index >= 15 is 0 Å². The molecule has 22 heavy (non-hydrogen) atoms. The average molecular weight is 304 g/mol. The number of nitrogens with zero attached hydrogens (tertiary/aromatic N) is 1. The van der Waals surface area contributed by atoms with Crippen LogP contribution in [-0.2, 0) is 6.54 Å². The van der Waals surface area contributed by atoms with Crippen LogP contribution in [0.5, 0.6) is 5.75 Å². The quantitative estimate of drug-likeness (QED) is 0.828. The number of ether oxygens (including phenoxy) is 1. The van der Waals surface area contributed by atoms with Crippen molar-refractivity contribution in [1.82, 2.24) is 9.88 Å². The van der Waals surface area contributed by atoms with Gasteiger partial charge in [-0.3, -0.25) is 9.59 Å². The molecule has 1 aromatic heterocycles. The molecule has 0 unspecified atom stereocenters. The molecule has 1 N–H and O–H groups in total. The number of hydrogen-bond acceptors (Lipinski definition) is 3. The Balaban J connectivity index is 1.90. The van der Waals surface area contributed by atoms with Crippen molar-refractivity contribution in [2.75, 3.05) is 13.7 Å². The molecule has 0 aliphatic rings. The van der Waals surface area contributed by atoms with Crippen LogP contribution in [0.2, 0.25) is 0 Å². The first kappa shape index (κ1) is 15.8. The minimum absolute atomic E-state index is 0.172. The second-order valence-electron chi connectivity index (χ2n) is 4.68. The van der Waals surface area contributed by atoms with Crippen LogP contribution in [0.1, 0.15) is 16.8 Å². The maximum atomic E-state index is 12.7. The molecule has 0 spiro atoms. The van der Waals surface area contributed by atoms with E-state index < -0.39 is 0 Å². The highest BCUT2D eigenvalue weighted by Gasteiger charge is 2.05. The monoisotopic (exact) mass is 304 g/mol. The van der Waals surface area contributed by atoms with Gasteiger partial charge in [0.2, 0.25) is 0 Å². The summed E-state index contributed by atoms with van der Waals surface area (Å²) in [7, 11) is 1.54. The number of rotatable bonds is 6. The second kappa shape index (κ2) is 7.40. The summed E-state index contributed by atoms with van der Waals surface area (Å²) in [4.78, 5) is 23.3. The second-order valence-corrected chi connectivity index (χ2v) is 4.68. The lowest BCUT2D eigenvalue weighted by atomic mass is 10.2. The largest absolute Gasteiger partial charge is 0.494 e. The summed E-state index contributed by atoms with van der Waals surface area (Å²) in [5, 5.41) is 2.51. The van der Waals surface area contributed by atoms with E-state index in [0.717, 1.165) is 0 Å². The minimum atomic E-state index is -0.315. The highest BCUT2D eigenvalue weighted by atomic mass is 19.1.